The van der Waals surface area contributed by atoms with E-state index in [0.29, 0.717) is 22.8 Å². The van der Waals surface area contributed by atoms with E-state index in [-0.39, 0.29) is 17.7 Å². The van der Waals surface area contributed by atoms with Gasteiger partial charge in [0.25, 0.3) is 11.1 Å². The van der Waals surface area contributed by atoms with Gasteiger partial charge in [-0.3, -0.25) is 4.79 Å². The molecule has 1 N–H and O–H groups in total. The van der Waals surface area contributed by atoms with E-state index in [1.165, 1.54) is 17.3 Å². The summed E-state index contributed by atoms with van der Waals surface area (Å²) in [6.07, 6.45) is 2.63. The van der Waals surface area contributed by atoms with E-state index in [1.807, 2.05) is 13.8 Å². The van der Waals surface area contributed by atoms with Gasteiger partial charge in [0.1, 0.15) is 5.76 Å². The van der Waals surface area contributed by atoms with E-state index < -0.39 is 0 Å². The molecule has 0 saturated heterocycles. The summed E-state index contributed by atoms with van der Waals surface area (Å²) in [5, 5.41) is 11.3. The maximum absolute atomic E-state index is 12.3. The van der Waals surface area contributed by atoms with Gasteiger partial charge in [0, 0.05) is 0 Å². The molecule has 3 rings (SSSR count). The Morgan fingerprint density at radius 3 is 2.54 bits per heavy atom. The normalized spacial score (nSPS) is 12.3. The first kappa shape index (κ1) is 20.2. The number of carbonyl (C=O) groups excluding carboxylic acids is 1. The summed E-state index contributed by atoms with van der Waals surface area (Å²) >= 11 is 1.22. The Balaban J connectivity index is 1.50. The van der Waals surface area contributed by atoms with Crippen molar-refractivity contribution in [2.45, 2.75) is 45.4 Å². The summed E-state index contributed by atoms with van der Waals surface area (Å²) in [5.74, 6) is 1.86. The first-order valence-electron chi connectivity index (χ1n) is 9.31. The molecule has 0 fully saturated rings. The van der Waals surface area contributed by atoms with Gasteiger partial charge in [-0.05, 0) is 43.4 Å². The van der Waals surface area contributed by atoms with Crippen LogP contribution in [0, 0.1) is 12.8 Å². The van der Waals surface area contributed by atoms with Gasteiger partial charge in [-0.15, -0.1) is 10.2 Å². The van der Waals surface area contributed by atoms with Crippen molar-refractivity contribution in [3.8, 4) is 11.5 Å². The molecule has 1 amide bonds. The third-order valence-electron chi connectivity index (χ3n) is 4.32. The molecule has 0 aliphatic rings. The molecule has 0 aliphatic heterocycles. The number of thioether (sulfide) groups is 1. The number of carbonyl (C=O) groups is 1. The van der Waals surface area contributed by atoms with Crippen molar-refractivity contribution >= 4 is 17.7 Å². The van der Waals surface area contributed by atoms with Gasteiger partial charge >= 0.3 is 0 Å². The second kappa shape index (κ2) is 9.10. The van der Waals surface area contributed by atoms with Crippen molar-refractivity contribution in [2.75, 3.05) is 5.75 Å². The van der Waals surface area contributed by atoms with Crippen LogP contribution in [0.15, 0.2) is 50.7 Å². The molecule has 0 spiro atoms. The van der Waals surface area contributed by atoms with Crippen molar-refractivity contribution in [2.24, 2.45) is 5.92 Å². The largest absolute Gasteiger partial charge is 0.469 e. The van der Waals surface area contributed by atoms with E-state index >= 15 is 0 Å². The van der Waals surface area contributed by atoms with Gasteiger partial charge in [-0.2, -0.15) is 0 Å². The van der Waals surface area contributed by atoms with E-state index in [4.69, 9.17) is 8.83 Å². The average Bonchev–Trinajstić information content (AvgIpc) is 3.28. The Kier molecular flexibility index (Phi) is 6.57. The Hall–Kier alpha value is -2.54. The van der Waals surface area contributed by atoms with Crippen molar-refractivity contribution in [3.63, 3.8) is 0 Å². The quantitative estimate of drug-likeness (QED) is 0.548. The number of nitrogens with zero attached hydrogens (tertiary/aromatic N) is 2. The second-order valence-corrected chi connectivity index (χ2v) is 8.11. The number of nitrogens with one attached hydrogen (secondary N) is 1. The van der Waals surface area contributed by atoms with Crippen LogP contribution in [0.3, 0.4) is 0 Å². The van der Waals surface area contributed by atoms with E-state index in [0.717, 1.165) is 17.5 Å². The van der Waals surface area contributed by atoms with Gasteiger partial charge in [0.2, 0.25) is 5.91 Å². The number of benzene rings is 1. The zero-order valence-electron chi connectivity index (χ0n) is 16.6. The zero-order valence-corrected chi connectivity index (χ0v) is 17.4. The van der Waals surface area contributed by atoms with Crippen LogP contribution in [-0.2, 0) is 11.2 Å². The Labute approximate surface area is 169 Å². The third kappa shape index (κ3) is 5.25. The van der Waals surface area contributed by atoms with Crippen LogP contribution >= 0.6 is 11.8 Å². The summed E-state index contributed by atoms with van der Waals surface area (Å²) < 4.78 is 10.8. The number of aromatic nitrogens is 2. The number of hydrogen-bond acceptors (Lipinski definition) is 6. The van der Waals surface area contributed by atoms with E-state index in [9.17, 15) is 4.79 Å². The topological polar surface area (TPSA) is 81.2 Å². The highest BCUT2D eigenvalue weighted by Gasteiger charge is 2.15. The van der Waals surface area contributed by atoms with Crippen LogP contribution in [0.2, 0.25) is 0 Å². The van der Waals surface area contributed by atoms with Crippen LogP contribution in [0.1, 0.15) is 43.7 Å². The number of amides is 1. The first-order chi connectivity index (χ1) is 13.4. The lowest BCUT2D eigenvalue weighted by molar-refractivity contribution is -0.119. The molecule has 1 aromatic carbocycles. The van der Waals surface area contributed by atoms with Crippen LogP contribution in [-0.4, -0.2) is 21.9 Å². The van der Waals surface area contributed by atoms with Gasteiger partial charge in [0.15, 0.2) is 0 Å². The summed E-state index contributed by atoms with van der Waals surface area (Å²) in [6.45, 7) is 8.22. The van der Waals surface area contributed by atoms with Crippen molar-refractivity contribution < 1.29 is 13.6 Å². The molecule has 2 aromatic heterocycles. The minimum atomic E-state index is -0.0806. The van der Waals surface area contributed by atoms with Crippen LogP contribution < -0.4 is 5.32 Å². The molecule has 3 aromatic rings. The smallest absolute Gasteiger partial charge is 0.277 e. The molecule has 1 atom stereocenters. The Bertz CT molecular complexity index is 915. The lowest BCUT2D eigenvalue weighted by atomic mass is 10.00. The average molecular weight is 400 g/mol. The van der Waals surface area contributed by atoms with Gasteiger partial charge in [-0.1, -0.05) is 49.9 Å². The summed E-state index contributed by atoms with van der Waals surface area (Å²) in [7, 11) is 0. The van der Waals surface area contributed by atoms with Gasteiger partial charge in [-0.25, -0.2) is 0 Å². The third-order valence-corrected chi connectivity index (χ3v) is 5.14. The molecule has 148 valence electrons. The van der Waals surface area contributed by atoms with Crippen molar-refractivity contribution in [1.82, 2.24) is 15.5 Å². The van der Waals surface area contributed by atoms with Crippen LogP contribution in [0.4, 0.5) is 0 Å². The van der Waals surface area contributed by atoms with Crippen molar-refractivity contribution in [1.29, 1.82) is 0 Å². The van der Waals surface area contributed by atoms with Crippen LogP contribution in [0.5, 0.6) is 0 Å². The second-order valence-electron chi connectivity index (χ2n) is 7.18. The fraction of sp³-hybridized carbons (Fsp3) is 0.381. The molecular weight excluding hydrogens is 374 g/mol. The highest BCUT2D eigenvalue weighted by Crippen LogP contribution is 2.26. The molecule has 0 bridgehead atoms. The van der Waals surface area contributed by atoms with Crippen LogP contribution in [0.25, 0.3) is 11.5 Å². The molecule has 7 heteroatoms. The molecule has 28 heavy (non-hydrogen) atoms. The lowest BCUT2D eigenvalue weighted by Gasteiger charge is -2.15. The monoisotopic (exact) mass is 399 g/mol. The highest BCUT2D eigenvalue weighted by molar-refractivity contribution is 7.99. The molecule has 0 aliphatic carbocycles. The minimum Gasteiger partial charge on any atom is -0.469 e. The molecule has 0 saturated carbocycles. The molecule has 2 heterocycles. The fourth-order valence-electron chi connectivity index (χ4n) is 2.89. The van der Waals surface area contributed by atoms with Crippen molar-refractivity contribution in [3.05, 3.63) is 53.5 Å². The van der Waals surface area contributed by atoms with E-state index in [2.05, 4.69) is 53.6 Å². The van der Waals surface area contributed by atoms with E-state index in [1.54, 1.807) is 12.3 Å². The number of rotatable bonds is 8. The standard InChI is InChI=1S/C21H25N3O3S/c1-13(2)11-16-5-7-17(8-6-16)14(3)22-19(25)12-28-21-24-23-20(27-21)18-9-10-26-15(18)4/h5-10,13-14H,11-12H2,1-4H3,(H,22,25). The van der Waals surface area contributed by atoms with Gasteiger partial charge in [0.05, 0.1) is 23.6 Å². The number of furan rings is 1. The fourth-order valence-corrected chi connectivity index (χ4v) is 3.47. The maximum Gasteiger partial charge on any atom is 0.277 e. The molecule has 6 nitrogen and oxygen atoms in total. The number of hydrogen-bond donors (Lipinski definition) is 1. The Morgan fingerprint density at radius 1 is 1.14 bits per heavy atom. The SMILES string of the molecule is Cc1occc1-c1nnc(SCC(=O)NC(C)c2ccc(CC(C)C)cc2)o1. The minimum absolute atomic E-state index is 0.0620. The lowest BCUT2D eigenvalue weighted by Crippen LogP contribution is -2.28. The molecular formula is C21H25N3O3S. The first-order valence-corrected chi connectivity index (χ1v) is 10.3. The summed E-state index contributed by atoms with van der Waals surface area (Å²) in [6, 6.07) is 10.1. The molecule has 1 unspecified atom stereocenters. The Morgan fingerprint density at radius 2 is 1.89 bits per heavy atom. The predicted molar refractivity (Wildman–Crippen MR) is 109 cm³/mol. The highest BCUT2D eigenvalue weighted by atomic mass is 32.2. The molecule has 0 radical (unpaired) electrons. The summed E-state index contributed by atoms with van der Waals surface area (Å²) in [5.41, 5.74) is 3.16. The summed E-state index contributed by atoms with van der Waals surface area (Å²) in [4.78, 5) is 12.3. The predicted octanol–water partition coefficient (Wildman–Crippen LogP) is 4.81. The zero-order chi connectivity index (χ0) is 20.1. The maximum atomic E-state index is 12.3. The number of aryl methyl sites for hydroxylation is 1. The van der Waals surface area contributed by atoms with Gasteiger partial charge < -0.3 is 14.2 Å².